The number of carbonyl (C=O) groups excluding carboxylic acids is 1. The number of aryl methyl sites for hydroxylation is 1. The SMILES string of the molecule is COC[C@H]1[C@@H](NC(=O)CCc2ccc(F)c(F)c2)[C@H]2CCO[C@H]21. The van der Waals surface area contributed by atoms with Gasteiger partial charge >= 0.3 is 0 Å². The number of nitrogens with one attached hydrogen (secondary N) is 1. The van der Waals surface area contributed by atoms with E-state index >= 15 is 0 Å². The molecule has 1 N–H and O–H groups in total. The molecule has 0 aromatic heterocycles. The number of fused-ring (bicyclic) bond motifs is 1. The predicted molar refractivity (Wildman–Crippen MR) is 79.8 cm³/mol. The lowest BCUT2D eigenvalue weighted by Crippen LogP contribution is -2.62. The fourth-order valence-corrected chi connectivity index (χ4v) is 3.65. The van der Waals surface area contributed by atoms with E-state index in [0.29, 0.717) is 24.5 Å². The average molecular weight is 325 g/mol. The summed E-state index contributed by atoms with van der Waals surface area (Å²) in [6.07, 6.45) is 1.78. The average Bonchev–Trinajstić information content (AvgIpc) is 2.96. The molecule has 0 radical (unpaired) electrons. The van der Waals surface area contributed by atoms with Crippen LogP contribution in [0, 0.1) is 23.5 Å². The van der Waals surface area contributed by atoms with Gasteiger partial charge in [0.2, 0.25) is 5.91 Å². The fourth-order valence-electron chi connectivity index (χ4n) is 3.65. The number of carbonyl (C=O) groups is 1. The first-order valence-corrected chi connectivity index (χ1v) is 7.94. The molecule has 4 atom stereocenters. The highest BCUT2D eigenvalue weighted by Crippen LogP contribution is 2.43. The molecular weight excluding hydrogens is 304 g/mol. The van der Waals surface area contributed by atoms with Crippen LogP contribution in [0.25, 0.3) is 0 Å². The van der Waals surface area contributed by atoms with Crippen molar-refractivity contribution in [2.45, 2.75) is 31.4 Å². The van der Waals surface area contributed by atoms with Crippen LogP contribution < -0.4 is 5.32 Å². The Balaban J connectivity index is 1.51. The molecule has 126 valence electrons. The van der Waals surface area contributed by atoms with Crippen molar-refractivity contribution in [3.05, 3.63) is 35.4 Å². The van der Waals surface area contributed by atoms with Crippen LogP contribution in [0.15, 0.2) is 18.2 Å². The number of rotatable bonds is 6. The molecule has 1 heterocycles. The third-order valence-electron chi connectivity index (χ3n) is 4.84. The topological polar surface area (TPSA) is 47.6 Å². The Morgan fingerprint density at radius 1 is 1.39 bits per heavy atom. The number of ether oxygens (including phenoxy) is 2. The standard InChI is InChI=1S/C17H21F2NO3/c1-22-9-12-16(11-6-7-23-17(11)12)20-15(21)5-3-10-2-4-13(18)14(19)8-10/h2,4,8,11-12,16-17H,3,5-7,9H2,1H3,(H,20,21)/t11-,12+,16+,17-/m1/s1. The Kier molecular flexibility index (Phi) is 4.92. The third-order valence-corrected chi connectivity index (χ3v) is 4.84. The zero-order valence-corrected chi connectivity index (χ0v) is 13.1. The van der Waals surface area contributed by atoms with E-state index in [9.17, 15) is 13.6 Å². The second-order valence-electron chi connectivity index (χ2n) is 6.25. The molecule has 1 amide bonds. The van der Waals surface area contributed by atoms with E-state index in [2.05, 4.69) is 5.32 Å². The number of amides is 1. The van der Waals surface area contributed by atoms with Crippen molar-refractivity contribution in [2.24, 2.45) is 11.8 Å². The molecule has 1 aliphatic heterocycles. The maximum absolute atomic E-state index is 13.2. The minimum atomic E-state index is -0.881. The van der Waals surface area contributed by atoms with Crippen LogP contribution in [0.4, 0.5) is 8.78 Å². The van der Waals surface area contributed by atoms with E-state index in [1.165, 1.54) is 6.07 Å². The van der Waals surface area contributed by atoms with Gasteiger partial charge in [-0.25, -0.2) is 8.78 Å². The van der Waals surface area contributed by atoms with Crippen LogP contribution in [0.5, 0.6) is 0 Å². The van der Waals surface area contributed by atoms with Crippen LogP contribution in [-0.4, -0.2) is 38.4 Å². The lowest BCUT2D eigenvalue weighted by Gasteiger charge is -2.47. The number of halogens is 2. The number of methoxy groups -OCH3 is 1. The number of hydrogen-bond donors (Lipinski definition) is 1. The van der Waals surface area contributed by atoms with E-state index in [1.807, 2.05) is 0 Å². The monoisotopic (exact) mass is 325 g/mol. The molecule has 2 aliphatic rings. The second-order valence-corrected chi connectivity index (χ2v) is 6.25. The van der Waals surface area contributed by atoms with Crippen molar-refractivity contribution in [3.63, 3.8) is 0 Å². The summed E-state index contributed by atoms with van der Waals surface area (Å²) in [5.74, 6) is -1.27. The summed E-state index contributed by atoms with van der Waals surface area (Å²) in [7, 11) is 1.64. The third kappa shape index (κ3) is 3.38. The Morgan fingerprint density at radius 3 is 2.96 bits per heavy atom. The minimum absolute atomic E-state index is 0.0776. The van der Waals surface area contributed by atoms with Crippen molar-refractivity contribution in [2.75, 3.05) is 20.3 Å². The molecule has 1 aromatic carbocycles. The lowest BCUT2D eigenvalue weighted by atomic mass is 9.67. The Labute approximate surface area is 134 Å². The molecule has 3 rings (SSSR count). The minimum Gasteiger partial charge on any atom is -0.384 e. The predicted octanol–water partition coefficient (Wildman–Crippen LogP) is 2.06. The fraction of sp³-hybridized carbons (Fsp3) is 0.588. The van der Waals surface area contributed by atoms with Gasteiger partial charge in [0.25, 0.3) is 0 Å². The largest absolute Gasteiger partial charge is 0.384 e. The zero-order valence-electron chi connectivity index (χ0n) is 13.1. The van der Waals surface area contributed by atoms with Gasteiger partial charge in [0, 0.05) is 38.0 Å². The molecule has 4 nitrogen and oxygen atoms in total. The molecule has 2 fully saturated rings. The van der Waals surface area contributed by atoms with E-state index in [4.69, 9.17) is 9.47 Å². The molecule has 1 saturated carbocycles. The van der Waals surface area contributed by atoms with Gasteiger partial charge < -0.3 is 14.8 Å². The van der Waals surface area contributed by atoms with E-state index in [1.54, 1.807) is 7.11 Å². The molecule has 1 saturated heterocycles. The van der Waals surface area contributed by atoms with Crippen LogP contribution in [0.1, 0.15) is 18.4 Å². The normalized spacial score (nSPS) is 29.0. The van der Waals surface area contributed by atoms with Gasteiger partial charge in [-0.05, 0) is 30.5 Å². The molecule has 0 unspecified atom stereocenters. The molecular formula is C17H21F2NO3. The Bertz CT molecular complexity index is 581. The van der Waals surface area contributed by atoms with Crippen LogP contribution in [0.3, 0.4) is 0 Å². The van der Waals surface area contributed by atoms with Gasteiger partial charge in [-0.1, -0.05) is 6.07 Å². The maximum Gasteiger partial charge on any atom is 0.220 e. The van der Waals surface area contributed by atoms with E-state index in [0.717, 1.165) is 25.2 Å². The summed E-state index contributed by atoms with van der Waals surface area (Å²) in [6, 6.07) is 3.81. The zero-order chi connectivity index (χ0) is 16.4. The van der Waals surface area contributed by atoms with Gasteiger partial charge in [0.15, 0.2) is 11.6 Å². The smallest absolute Gasteiger partial charge is 0.220 e. The van der Waals surface area contributed by atoms with Crippen molar-refractivity contribution < 1.29 is 23.0 Å². The highest BCUT2D eigenvalue weighted by molar-refractivity contribution is 5.76. The van der Waals surface area contributed by atoms with E-state index < -0.39 is 11.6 Å². The lowest BCUT2D eigenvalue weighted by molar-refractivity contribution is -0.129. The molecule has 1 aromatic rings. The first kappa shape index (κ1) is 16.3. The summed E-state index contributed by atoms with van der Waals surface area (Å²) in [5.41, 5.74) is 0.614. The molecule has 1 aliphatic carbocycles. The Hall–Kier alpha value is -1.53. The van der Waals surface area contributed by atoms with Crippen LogP contribution in [0.2, 0.25) is 0 Å². The van der Waals surface area contributed by atoms with Gasteiger partial charge in [0.05, 0.1) is 12.7 Å². The highest BCUT2D eigenvalue weighted by Gasteiger charge is 2.54. The quantitative estimate of drug-likeness (QED) is 0.871. The van der Waals surface area contributed by atoms with Crippen molar-refractivity contribution in [1.29, 1.82) is 0 Å². The summed E-state index contributed by atoms with van der Waals surface area (Å²) >= 11 is 0. The number of benzene rings is 1. The van der Waals surface area contributed by atoms with Crippen molar-refractivity contribution in [3.8, 4) is 0 Å². The van der Waals surface area contributed by atoms with Gasteiger partial charge in [-0.15, -0.1) is 0 Å². The summed E-state index contributed by atoms with van der Waals surface area (Å²) < 4.78 is 36.9. The summed E-state index contributed by atoms with van der Waals surface area (Å²) in [4.78, 5) is 12.1. The second kappa shape index (κ2) is 6.93. The highest BCUT2D eigenvalue weighted by atomic mass is 19.2. The first-order chi connectivity index (χ1) is 11.1. The first-order valence-electron chi connectivity index (χ1n) is 7.94. The Morgan fingerprint density at radius 2 is 2.22 bits per heavy atom. The van der Waals surface area contributed by atoms with E-state index in [-0.39, 0.29) is 30.4 Å². The van der Waals surface area contributed by atoms with Crippen molar-refractivity contribution in [1.82, 2.24) is 5.32 Å². The molecule has 0 bridgehead atoms. The summed E-state index contributed by atoms with van der Waals surface area (Å²) in [5, 5.41) is 3.05. The van der Waals surface area contributed by atoms with Crippen LogP contribution in [-0.2, 0) is 20.7 Å². The molecule has 0 spiro atoms. The van der Waals surface area contributed by atoms with Crippen LogP contribution >= 0.6 is 0 Å². The van der Waals surface area contributed by atoms with Crippen molar-refractivity contribution >= 4 is 5.91 Å². The maximum atomic E-state index is 13.2. The van der Waals surface area contributed by atoms with Gasteiger partial charge in [0.1, 0.15) is 0 Å². The van der Waals surface area contributed by atoms with Gasteiger partial charge in [-0.3, -0.25) is 4.79 Å². The molecule has 6 heteroatoms. The van der Waals surface area contributed by atoms with Gasteiger partial charge in [-0.2, -0.15) is 0 Å². The molecule has 23 heavy (non-hydrogen) atoms. The number of hydrogen-bond acceptors (Lipinski definition) is 3. The summed E-state index contributed by atoms with van der Waals surface area (Å²) in [6.45, 7) is 1.30.